The summed E-state index contributed by atoms with van der Waals surface area (Å²) < 4.78 is 0. The predicted octanol–water partition coefficient (Wildman–Crippen LogP) is 2.24. The zero-order valence-electron chi connectivity index (χ0n) is 10.5. The van der Waals surface area contributed by atoms with Crippen LogP contribution in [0.25, 0.3) is 0 Å². The highest BCUT2D eigenvalue weighted by atomic mass is 32.1. The molecule has 0 spiro atoms. The molecule has 1 aliphatic heterocycles. The van der Waals surface area contributed by atoms with Gasteiger partial charge in [0.25, 0.3) is 0 Å². The molecule has 1 unspecified atom stereocenters. The van der Waals surface area contributed by atoms with Crippen LogP contribution in [-0.2, 0) is 11.3 Å². The van der Waals surface area contributed by atoms with Gasteiger partial charge in [-0.15, -0.1) is 11.3 Å². The number of carbonyl (C=O) groups excluding carboxylic acids is 1. The number of hydrogen-bond acceptors (Lipinski definition) is 3. The summed E-state index contributed by atoms with van der Waals surface area (Å²) in [6.07, 6.45) is 2.95. The molecule has 0 aliphatic carbocycles. The maximum Gasteiger partial charge on any atom is 0.242 e. The summed E-state index contributed by atoms with van der Waals surface area (Å²) in [4.78, 5) is 15.6. The fourth-order valence-corrected chi connectivity index (χ4v) is 3.27. The molecule has 2 rings (SSSR count). The smallest absolute Gasteiger partial charge is 0.242 e. The first-order valence-electron chi connectivity index (χ1n) is 6.21. The molecule has 1 aromatic heterocycles. The van der Waals surface area contributed by atoms with Gasteiger partial charge < -0.3 is 10.2 Å². The monoisotopic (exact) mass is 252 g/mol. The summed E-state index contributed by atoms with van der Waals surface area (Å²) in [6.45, 7) is 3.78. The van der Waals surface area contributed by atoms with Crippen molar-refractivity contribution < 1.29 is 4.79 Å². The first kappa shape index (κ1) is 12.6. The standard InChI is InChI=1S/C13H20N2OS/c1-3-13(7-5-8-14-13)12(16)15(2)10-11-6-4-9-17-11/h4,6,9,14H,3,5,7-8,10H2,1-2H3. The molecule has 1 aliphatic rings. The molecule has 1 amide bonds. The molecule has 1 atom stereocenters. The van der Waals surface area contributed by atoms with Crippen molar-refractivity contribution in [2.75, 3.05) is 13.6 Å². The Labute approximate surface area is 107 Å². The van der Waals surface area contributed by atoms with Gasteiger partial charge in [-0.05, 0) is 37.3 Å². The van der Waals surface area contributed by atoms with Crippen LogP contribution in [0.4, 0.5) is 0 Å². The van der Waals surface area contributed by atoms with Crippen LogP contribution in [0.15, 0.2) is 17.5 Å². The van der Waals surface area contributed by atoms with E-state index in [2.05, 4.69) is 23.7 Å². The lowest BCUT2D eigenvalue weighted by molar-refractivity contribution is -0.137. The van der Waals surface area contributed by atoms with Crippen LogP contribution in [0.2, 0.25) is 0 Å². The van der Waals surface area contributed by atoms with Crippen LogP contribution in [0.3, 0.4) is 0 Å². The zero-order valence-corrected chi connectivity index (χ0v) is 11.3. The number of nitrogens with zero attached hydrogens (tertiary/aromatic N) is 1. The molecule has 3 nitrogen and oxygen atoms in total. The average Bonchev–Trinajstić information content (AvgIpc) is 2.99. The van der Waals surface area contributed by atoms with Crippen molar-refractivity contribution >= 4 is 17.2 Å². The third-order valence-corrected chi connectivity index (χ3v) is 4.44. The van der Waals surface area contributed by atoms with Crippen molar-refractivity contribution in [1.29, 1.82) is 0 Å². The average molecular weight is 252 g/mol. The Bertz CT molecular complexity index is 369. The molecule has 1 aromatic rings. The van der Waals surface area contributed by atoms with Crippen molar-refractivity contribution in [3.8, 4) is 0 Å². The molecular weight excluding hydrogens is 232 g/mol. The van der Waals surface area contributed by atoms with Crippen LogP contribution in [0.1, 0.15) is 31.1 Å². The van der Waals surface area contributed by atoms with E-state index in [0.29, 0.717) is 0 Å². The third kappa shape index (κ3) is 2.53. The van der Waals surface area contributed by atoms with Crippen LogP contribution in [0.5, 0.6) is 0 Å². The van der Waals surface area contributed by atoms with E-state index < -0.39 is 0 Å². The molecule has 17 heavy (non-hydrogen) atoms. The minimum atomic E-state index is -0.300. The van der Waals surface area contributed by atoms with Gasteiger partial charge in [-0.1, -0.05) is 13.0 Å². The van der Waals surface area contributed by atoms with Gasteiger partial charge in [0.2, 0.25) is 5.91 Å². The van der Waals surface area contributed by atoms with Gasteiger partial charge in [0.05, 0.1) is 12.1 Å². The SMILES string of the molecule is CCC1(C(=O)N(C)Cc2cccs2)CCCN1. The Hall–Kier alpha value is -0.870. The number of nitrogens with one attached hydrogen (secondary N) is 1. The van der Waals surface area contributed by atoms with Gasteiger partial charge >= 0.3 is 0 Å². The lowest BCUT2D eigenvalue weighted by atomic mass is 9.92. The van der Waals surface area contributed by atoms with Gasteiger partial charge in [0.15, 0.2) is 0 Å². The molecule has 94 valence electrons. The van der Waals surface area contributed by atoms with E-state index >= 15 is 0 Å². The largest absolute Gasteiger partial charge is 0.339 e. The zero-order chi connectivity index (χ0) is 12.3. The van der Waals surface area contributed by atoms with Crippen molar-refractivity contribution in [2.24, 2.45) is 0 Å². The van der Waals surface area contributed by atoms with E-state index in [4.69, 9.17) is 0 Å². The Kier molecular flexibility index (Phi) is 3.84. The van der Waals surface area contributed by atoms with E-state index in [1.807, 2.05) is 18.0 Å². The molecule has 1 fully saturated rings. The minimum Gasteiger partial charge on any atom is -0.339 e. The fourth-order valence-electron chi connectivity index (χ4n) is 2.52. The molecule has 4 heteroatoms. The van der Waals surface area contributed by atoms with E-state index in [0.717, 1.165) is 32.4 Å². The molecule has 1 N–H and O–H groups in total. The predicted molar refractivity (Wildman–Crippen MR) is 71.1 cm³/mol. The number of rotatable bonds is 4. The summed E-state index contributed by atoms with van der Waals surface area (Å²) in [5.41, 5.74) is -0.300. The molecule has 1 saturated heterocycles. The van der Waals surface area contributed by atoms with Crippen LogP contribution in [0, 0.1) is 0 Å². The van der Waals surface area contributed by atoms with Crippen molar-refractivity contribution in [3.63, 3.8) is 0 Å². The van der Waals surface area contributed by atoms with E-state index in [1.165, 1.54) is 4.88 Å². The number of amides is 1. The normalized spacial score (nSPS) is 23.9. The van der Waals surface area contributed by atoms with E-state index in [-0.39, 0.29) is 11.4 Å². The molecule has 2 heterocycles. The van der Waals surface area contributed by atoms with Crippen LogP contribution < -0.4 is 5.32 Å². The Morgan fingerprint density at radius 2 is 2.47 bits per heavy atom. The van der Waals surface area contributed by atoms with Crippen molar-refractivity contribution in [1.82, 2.24) is 10.2 Å². The second-order valence-corrected chi connectivity index (χ2v) is 5.74. The summed E-state index contributed by atoms with van der Waals surface area (Å²) in [6, 6.07) is 4.11. The van der Waals surface area contributed by atoms with Gasteiger partial charge in [-0.2, -0.15) is 0 Å². The lowest BCUT2D eigenvalue weighted by Gasteiger charge is -2.31. The number of carbonyl (C=O) groups is 1. The fraction of sp³-hybridized carbons (Fsp3) is 0.615. The number of thiophene rings is 1. The molecule has 0 bridgehead atoms. The van der Waals surface area contributed by atoms with Gasteiger partial charge in [0, 0.05) is 11.9 Å². The highest BCUT2D eigenvalue weighted by Gasteiger charge is 2.40. The maximum atomic E-state index is 12.5. The van der Waals surface area contributed by atoms with Crippen molar-refractivity contribution in [3.05, 3.63) is 22.4 Å². The van der Waals surface area contributed by atoms with Gasteiger partial charge in [-0.25, -0.2) is 0 Å². The summed E-state index contributed by atoms with van der Waals surface area (Å²) in [5.74, 6) is 0.242. The highest BCUT2D eigenvalue weighted by molar-refractivity contribution is 7.09. The highest BCUT2D eigenvalue weighted by Crippen LogP contribution is 2.26. The Balaban J connectivity index is 2.03. The van der Waals surface area contributed by atoms with Gasteiger partial charge in [-0.3, -0.25) is 4.79 Å². The van der Waals surface area contributed by atoms with E-state index in [1.54, 1.807) is 11.3 Å². The van der Waals surface area contributed by atoms with Crippen LogP contribution >= 0.6 is 11.3 Å². The van der Waals surface area contributed by atoms with Crippen LogP contribution in [-0.4, -0.2) is 29.9 Å². The first-order valence-corrected chi connectivity index (χ1v) is 7.09. The second kappa shape index (κ2) is 5.19. The summed E-state index contributed by atoms with van der Waals surface area (Å²) >= 11 is 1.70. The number of hydrogen-bond donors (Lipinski definition) is 1. The maximum absolute atomic E-state index is 12.5. The van der Waals surface area contributed by atoms with Gasteiger partial charge in [0.1, 0.15) is 0 Å². The molecule has 0 radical (unpaired) electrons. The second-order valence-electron chi connectivity index (χ2n) is 4.71. The van der Waals surface area contributed by atoms with E-state index in [9.17, 15) is 4.79 Å². The Morgan fingerprint density at radius 1 is 1.65 bits per heavy atom. The lowest BCUT2D eigenvalue weighted by Crippen LogP contribution is -2.53. The summed E-state index contributed by atoms with van der Waals surface area (Å²) in [7, 11) is 1.90. The molecule has 0 saturated carbocycles. The number of likely N-dealkylation sites (N-methyl/N-ethyl adjacent to an activating group) is 1. The Morgan fingerprint density at radius 3 is 3.00 bits per heavy atom. The topological polar surface area (TPSA) is 32.3 Å². The first-order chi connectivity index (χ1) is 8.18. The van der Waals surface area contributed by atoms with Crippen molar-refractivity contribution in [2.45, 2.75) is 38.3 Å². The third-order valence-electron chi connectivity index (χ3n) is 3.58. The molecule has 0 aromatic carbocycles. The minimum absolute atomic E-state index is 0.242. The quantitative estimate of drug-likeness (QED) is 0.891. The molecular formula is C13H20N2OS. The summed E-state index contributed by atoms with van der Waals surface area (Å²) in [5, 5.41) is 5.44.